The van der Waals surface area contributed by atoms with Crippen LogP contribution in [0.5, 0.6) is 0 Å². The minimum Gasteiger partial charge on any atom is -0.369 e. The first-order valence-electron chi connectivity index (χ1n) is 6.78. The topological polar surface area (TPSA) is 83.7 Å². The van der Waals surface area contributed by atoms with Gasteiger partial charge < -0.3 is 5.73 Å². The summed E-state index contributed by atoms with van der Waals surface area (Å²) < 4.78 is 24.8. The normalized spacial score (nSPS) is 22.1. The number of nitrogens with two attached hydrogens (primary N) is 1. The summed E-state index contributed by atoms with van der Waals surface area (Å²) in [5.74, 6) is -0.916. The molecule has 1 saturated heterocycles. The summed E-state index contributed by atoms with van der Waals surface area (Å²) >= 11 is 1.71. The van der Waals surface area contributed by atoms with Gasteiger partial charge >= 0.3 is 0 Å². The lowest BCUT2D eigenvalue weighted by atomic mass is 10.1. The monoisotopic (exact) mass is 331 g/mol. The van der Waals surface area contributed by atoms with E-state index < -0.39 is 21.8 Å². The third-order valence-corrected chi connectivity index (χ3v) is 5.87. The van der Waals surface area contributed by atoms with Crippen molar-refractivity contribution in [1.82, 2.24) is 9.21 Å². The van der Waals surface area contributed by atoms with Gasteiger partial charge in [-0.2, -0.15) is 0 Å². The summed E-state index contributed by atoms with van der Waals surface area (Å²) in [6.45, 7) is 4.45. The second kappa shape index (κ2) is 6.43. The zero-order valence-corrected chi connectivity index (χ0v) is 13.9. The van der Waals surface area contributed by atoms with Gasteiger partial charge in [0.15, 0.2) is 0 Å². The molecule has 1 aliphatic heterocycles. The summed E-state index contributed by atoms with van der Waals surface area (Å²) in [6.07, 6.45) is 1.17. The summed E-state index contributed by atoms with van der Waals surface area (Å²) in [5.41, 5.74) is 5.42. The molecule has 8 heteroatoms. The van der Waals surface area contributed by atoms with E-state index in [0.29, 0.717) is 19.6 Å². The lowest BCUT2D eigenvalue weighted by Gasteiger charge is -2.21. The van der Waals surface area contributed by atoms with Crippen molar-refractivity contribution in [3.63, 3.8) is 0 Å². The van der Waals surface area contributed by atoms with Crippen molar-refractivity contribution in [2.24, 2.45) is 11.7 Å². The summed E-state index contributed by atoms with van der Waals surface area (Å²) in [5, 5.41) is 0. The Morgan fingerprint density at radius 2 is 2.10 bits per heavy atom. The van der Waals surface area contributed by atoms with E-state index in [1.54, 1.807) is 11.3 Å². The maximum Gasteiger partial charge on any atom is 0.223 e. The molecular weight excluding hydrogens is 310 g/mol. The lowest BCUT2D eigenvalue weighted by Crippen LogP contribution is -2.40. The Labute approximate surface area is 129 Å². The van der Waals surface area contributed by atoms with E-state index >= 15 is 0 Å². The van der Waals surface area contributed by atoms with Gasteiger partial charge in [-0.3, -0.25) is 9.69 Å². The van der Waals surface area contributed by atoms with E-state index in [4.69, 9.17) is 5.73 Å². The van der Waals surface area contributed by atoms with Crippen molar-refractivity contribution in [2.45, 2.75) is 13.5 Å². The molecule has 0 radical (unpaired) electrons. The molecule has 0 aromatic carbocycles. The Hall–Kier alpha value is -0.960. The standard InChI is InChI=1S/C13H21N3O3S2/c1-10-3-4-12(20-10)9-15-5-6-16(21(2,18)19)8-11(7-15)13(14)17/h3-4,11H,5-9H2,1-2H3,(H2,14,17)/t11-/m1/s1. The number of sulfonamides is 1. The number of thiophene rings is 1. The van der Waals surface area contributed by atoms with Gasteiger partial charge in [0.1, 0.15) is 0 Å². The highest BCUT2D eigenvalue weighted by Gasteiger charge is 2.30. The Bertz CT molecular complexity index is 612. The molecule has 118 valence electrons. The maximum absolute atomic E-state index is 11.7. The highest BCUT2D eigenvalue weighted by atomic mass is 32.2. The van der Waals surface area contributed by atoms with Gasteiger partial charge in [0.05, 0.1) is 12.2 Å². The van der Waals surface area contributed by atoms with Crippen LogP contribution in [0.25, 0.3) is 0 Å². The molecule has 1 atom stereocenters. The van der Waals surface area contributed by atoms with Crippen LogP contribution in [0, 0.1) is 12.8 Å². The van der Waals surface area contributed by atoms with Crippen molar-refractivity contribution in [1.29, 1.82) is 0 Å². The average molecular weight is 331 g/mol. The van der Waals surface area contributed by atoms with E-state index in [9.17, 15) is 13.2 Å². The average Bonchev–Trinajstić information content (AvgIpc) is 2.63. The largest absolute Gasteiger partial charge is 0.369 e. The minimum absolute atomic E-state index is 0.175. The maximum atomic E-state index is 11.7. The SMILES string of the molecule is Cc1ccc(CN2CCN(S(C)(=O)=O)C[C@H](C(N)=O)C2)s1. The molecule has 2 heterocycles. The van der Waals surface area contributed by atoms with Crippen molar-refractivity contribution < 1.29 is 13.2 Å². The first kappa shape index (κ1) is 16.4. The molecule has 1 aromatic rings. The quantitative estimate of drug-likeness (QED) is 0.856. The van der Waals surface area contributed by atoms with Crippen LogP contribution < -0.4 is 5.73 Å². The molecule has 0 saturated carbocycles. The fourth-order valence-electron chi connectivity index (χ4n) is 2.47. The van der Waals surface area contributed by atoms with Gasteiger partial charge in [-0.05, 0) is 19.1 Å². The Morgan fingerprint density at radius 1 is 1.38 bits per heavy atom. The van der Waals surface area contributed by atoms with Crippen LogP contribution in [-0.4, -0.2) is 56.0 Å². The number of primary amides is 1. The Balaban J connectivity index is 2.12. The number of hydrogen-bond acceptors (Lipinski definition) is 5. The second-order valence-corrected chi connectivity index (χ2v) is 8.82. The molecule has 0 aliphatic carbocycles. The molecule has 0 spiro atoms. The molecule has 6 nitrogen and oxygen atoms in total. The van der Waals surface area contributed by atoms with Crippen LogP contribution in [0.1, 0.15) is 9.75 Å². The zero-order valence-electron chi connectivity index (χ0n) is 12.3. The number of rotatable bonds is 4. The molecule has 1 fully saturated rings. The Morgan fingerprint density at radius 3 is 2.62 bits per heavy atom. The number of amides is 1. The van der Waals surface area contributed by atoms with E-state index in [1.807, 2.05) is 6.92 Å². The number of aryl methyl sites for hydroxylation is 1. The molecule has 21 heavy (non-hydrogen) atoms. The van der Waals surface area contributed by atoms with Gasteiger partial charge in [0.25, 0.3) is 0 Å². The molecule has 0 bridgehead atoms. The van der Waals surface area contributed by atoms with Crippen LogP contribution in [0.2, 0.25) is 0 Å². The van der Waals surface area contributed by atoms with Crippen LogP contribution in [0.4, 0.5) is 0 Å². The van der Waals surface area contributed by atoms with Gasteiger partial charge in [0, 0.05) is 42.5 Å². The van der Waals surface area contributed by atoms with Crippen molar-refractivity contribution in [3.8, 4) is 0 Å². The van der Waals surface area contributed by atoms with Crippen molar-refractivity contribution in [2.75, 3.05) is 32.4 Å². The smallest absolute Gasteiger partial charge is 0.223 e. The molecule has 1 aliphatic rings. The number of carbonyl (C=O) groups is 1. The van der Waals surface area contributed by atoms with Crippen LogP contribution in [-0.2, 0) is 21.4 Å². The van der Waals surface area contributed by atoms with E-state index in [2.05, 4.69) is 17.0 Å². The summed E-state index contributed by atoms with van der Waals surface area (Å²) in [6, 6.07) is 4.13. The zero-order chi connectivity index (χ0) is 15.6. The first-order chi connectivity index (χ1) is 9.75. The van der Waals surface area contributed by atoms with Gasteiger partial charge in [0.2, 0.25) is 15.9 Å². The third kappa shape index (κ3) is 4.50. The minimum atomic E-state index is -3.31. The van der Waals surface area contributed by atoms with Crippen LogP contribution in [0.3, 0.4) is 0 Å². The third-order valence-electron chi connectivity index (χ3n) is 3.62. The highest BCUT2D eigenvalue weighted by Crippen LogP contribution is 2.20. The van der Waals surface area contributed by atoms with Crippen LogP contribution in [0.15, 0.2) is 12.1 Å². The molecule has 1 aromatic heterocycles. The summed E-state index contributed by atoms with van der Waals surface area (Å²) in [4.78, 5) is 16.1. The molecular formula is C13H21N3O3S2. The molecule has 1 amide bonds. The first-order valence-corrected chi connectivity index (χ1v) is 9.44. The number of hydrogen-bond donors (Lipinski definition) is 1. The van der Waals surface area contributed by atoms with Gasteiger partial charge in [-0.25, -0.2) is 12.7 Å². The van der Waals surface area contributed by atoms with Gasteiger partial charge in [-0.15, -0.1) is 11.3 Å². The predicted octanol–water partition coefficient (Wildman–Crippen LogP) is 0.235. The molecule has 0 unspecified atom stereocenters. The Kier molecular flexibility index (Phi) is 5.03. The van der Waals surface area contributed by atoms with Crippen LogP contribution >= 0.6 is 11.3 Å². The number of carbonyl (C=O) groups excluding carboxylic acids is 1. The van der Waals surface area contributed by atoms with Crippen molar-refractivity contribution >= 4 is 27.3 Å². The van der Waals surface area contributed by atoms with E-state index in [-0.39, 0.29) is 6.54 Å². The molecule has 2 N–H and O–H groups in total. The second-order valence-electron chi connectivity index (χ2n) is 5.47. The van der Waals surface area contributed by atoms with E-state index in [1.165, 1.54) is 20.3 Å². The van der Waals surface area contributed by atoms with E-state index in [0.717, 1.165) is 6.54 Å². The lowest BCUT2D eigenvalue weighted by molar-refractivity contribution is -0.122. The number of nitrogens with zero attached hydrogens (tertiary/aromatic N) is 2. The fraction of sp³-hybridized carbons (Fsp3) is 0.615. The summed E-state index contributed by atoms with van der Waals surface area (Å²) in [7, 11) is -3.31. The van der Waals surface area contributed by atoms with Crippen molar-refractivity contribution in [3.05, 3.63) is 21.9 Å². The fourth-order valence-corrected chi connectivity index (χ4v) is 4.26. The molecule has 2 rings (SSSR count). The highest BCUT2D eigenvalue weighted by molar-refractivity contribution is 7.88. The van der Waals surface area contributed by atoms with Gasteiger partial charge in [-0.1, -0.05) is 0 Å². The predicted molar refractivity (Wildman–Crippen MR) is 83.4 cm³/mol.